The van der Waals surface area contributed by atoms with E-state index in [9.17, 15) is 14.0 Å². The van der Waals surface area contributed by atoms with Gasteiger partial charge >= 0.3 is 0 Å². The lowest BCUT2D eigenvalue weighted by atomic mass is 10.0. The van der Waals surface area contributed by atoms with E-state index in [-0.39, 0.29) is 29.8 Å². The third-order valence-corrected chi connectivity index (χ3v) is 4.27. The monoisotopic (exact) mass is 393 g/mol. The van der Waals surface area contributed by atoms with E-state index in [1.807, 2.05) is 0 Å². The minimum atomic E-state index is -0.799. The number of carbonyl (C=O) groups is 2. The predicted molar refractivity (Wildman–Crippen MR) is 104 cm³/mol. The van der Waals surface area contributed by atoms with Gasteiger partial charge in [-0.15, -0.1) is 0 Å². The van der Waals surface area contributed by atoms with Crippen LogP contribution in [-0.2, 0) is 9.63 Å². The molecular weight excluding hydrogens is 377 g/mol. The molecule has 1 aliphatic heterocycles. The molecule has 0 saturated heterocycles. The summed E-state index contributed by atoms with van der Waals surface area (Å²) < 4.78 is 18.4. The maximum Gasteiger partial charge on any atom is 0.291 e. The number of carbonyl (C=O) groups excluding carboxylic acids is 2. The summed E-state index contributed by atoms with van der Waals surface area (Å²) in [5, 5.41) is 9.32. The molecule has 8 heteroatoms. The van der Waals surface area contributed by atoms with Crippen molar-refractivity contribution in [3.63, 3.8) is 0 Å². The van der Waals surface area contributed by atoms with Gasteiger partial charge in [-0.1, -0.05) is 17.3 Å². The summed E-state index contributed by atoms with van der Waals surface area (Å²) in [7, 11) is 0. The number of nitrogens with zero attached hydrogens (tertiary/aromatic N) is 1. The average Bonchev–Trinajstić information content (AvgIpc) is 3.42. The lowest BCUT2D eigenvalue weighted by Gasteiger charge is -2.10. The highest BCUT2D eigenvalue weighted by atomic mass is 19.1. The second kappa shape index (κ2) is 7.97. The van der Waals surface area contributed by atoms with Crippen LogP contribution in [0.5, 0.6) is 0 Å². The van der Waals surface area contributed by atoms with E-state index in [1.54, 1.807) is 48.5 Å². The molecule has 0 aliphatic carbocycles. The normalized spacial score (nSPS) is 15.3. The molecule has 0 spiro atoms. The van der Waals surface area contributed by atoms with Gasteiger partial charge < -0.3 is 19.9 Å². The maximum atomic E-state index is 13.3. The van der Waals surface area contributed by atoms with Crippen LogP contribution in [0.2, 0.25) is 0 Å². The van der Waals surface area contributed by atoms with Crippen LogP contribution in [-0.4, -0.2) is 23.6 Å². The summed E-state index contributed by atoms with van der Waals surface area (Å²) in [6.45, 7) is 0. The Morgan fingerprint density at radius 1 is 1.00 bits per heavy atom. The summed E-state index contributed by atoms with van der Waals surface area (Å²) in [6, 6.07) is 15.8. The van der Waals surface area contributed by atoms with Crippen LogP contribution in [0.4, 0.5) is 15.8 Å². The van der Waals surface area contributed by atoms with E-state index >= 15 is 0 Å². The molecule has 2 aromatic carbocycles. The second-order valence-electron chi connectivity index (χ2n) is 6.34. The van der Waals surface area contributed by atoms with E-state index in [0.29, 0.717) is 22.6 Å². The molecule has 2 amide bonds. The van der Waals surface area contributed by atoms with Crippen LogP contribution in [0.1, 0.15) is 22.5 Å². The number of hydrogen-bond acceptors (Lipinski definition) is 5. The van der Waals surface area contributed by atoms with Crippen LogP contribution < -0.4 is 10.6 Å². The molecule has 3 aromatic rings. The van der Waals surface area contributed by atoms with Crippen molar-refractivity contribution >= 4 is 28.9 Å². The molecule has 2 heterocycles. The molecule has 1 aromatic heterocycles. The van der Waals surface area contributed by atoms with Crippen molar-refractivity contribution in [1.82, 2.24) is 0 Å². The summed E-state index contributed by atoms with van der Waals surface area (Å²) >= 11 is 0. The molecule has 0 bridgehead atoms. The van der Waals surface area contributed by atoms with Gasteiger partial charge in [-0.05, 0) is 48.5 Å². The third-order valence-electron chi connectivity index (χ3n) is 4.27. The summed E-state index contributed by atoms with van der Waals surface area (Å²) in [6.07, 6.45) is 0.862. The molecule has 0 fully saturated rings. The Hall–Kier alpha value is -3.94. The Morgan fingerprint density at radius 2 is 1.76 bits per heavy atom. The van der Waals surface area contributed by atoms with Crippen LogP contribution in [0, 0.1) is 5.82 Å². The first-order chi connectivity index (χ1) is 14.1. The molecule has 4 rings (SSSR count). The highest BCUT2D eigenvalue weighted by molar-refractivity contribution is 6.06. The molecule has 1 aliphatic rings. The standard InChI is InChI=1S/C21H16FN3O4/c22-14-4-1-3-13(11-14)17-12-19(29-25-17)21(27)24-16-8-6-15(7-9-16)23-20(26)18-5-2-10-28-18/h1-11,19H,12H2,(H,23,26)(H,24,27)/t19-/m1/s1. The number of nitrogens with one attached hydrogen (secondary N) is 2. The van der Waals surface area contributed by atoms with Gasteiger partial charge in [-0.3, -0.25) is 9.59 Å². The molecule has 7 nitrogen and oxygen atoms in total. The first kappa shape index (κ1) is 18.4. The van der Waals surface area contributed by atoms with Crippen molar-refractivity contribution in [2.75, 3.05) is 10.6 Å². The summed E-state index contributed by atoms with van der Waals surface area (Å²) in [4.78, 5) is 29.6. The Morgan fingerprint density at radius 3 is 2.45 bits per heavy atom. The van der Waals surface area contributed by atoms with E-state index in [4.69, 9.17) is 9.25 Å². The average molecular weight is 393 g/mol. The minimum Gasteiger partial charge on any atom is -0.459 e. The van der Waals surface area contributed by atoms with Gasteiger partial charge in [0.25, 0.3) is 11.8 Å². The highest BCUT2D eigenvalue weighted by Gasteiger charge is 2.29. The minimum absolute atomic E-state index is 0.204. The Balaban J connectivity index is 1.33. The van der Waals surface area contributed by atoms with E-state index in [1.165, 1.54) is 18.4 Å². The predicted octanol–water partition coefficient (Wildman–Crippen LogP) is 3.80. The number of halogens is 1. The van der Waals surface area contributed by atoms with Gasteiger partial charge in [0.05, 0.1) is 12.0 Å². The van der Waals surface area contributed by atoms with Crippen LogP contribution in [0.15, 0.2) is 76.5 Å². The molecule has 0 saturated carbocycles. The molecule has 146 valence electrons. The zero-order valence-corrected chi connectivity index (χ0v) is 15.1. The van der Waals surface area contributed by atoms with Crippen molar-refractivity contribution in [2.45, 2.75) is 12.5 Å². The SMILES string of the molecule is O=C(Nc1ccc(NC(=O)[C@H]2CC(c3cccc(F)c3)=NO2)cc1)c1ccco1. The second-order valence-corrected chi connectivity index (χ2v) is 6.34. The van der Waals surface area contributed by atoms with Crippen molar-refractivity contribution in [3.05, 3.63) is 84.1 Å². The molecular formula is C21H16FN3O4. The van der Waals surface area contributed by atoms with Crippen LogP contribution >= 0.6 is 0 Å². The number of anilines is 2. The van der Waals surface area contributed by atoms with Crippen molar-refractivity contribution in [2.24, 2.45) is 5.16 Å². The Kier molecular flexibility index (Phi) is 5.07. The smallest absolute Gasteiger partial charge is 0.291 e. The van der Waals surface area contributed by atoms with Gasteiger partial charge in [0.15, 0.2) is 5.76 Å². The third kappa shape index (κ3) is 4.32. The number of rotatable bonds is 5. The van der Waals surface area contributed by atoms with Gasteiger partial charge in [0, 0.05) is 23.4 Å². The number of hydrogen-bond donors (Lipinski definition) is 2. The van der Waals surface area contributed by atoms with E-state index in [0.717, 1.165) is 0 Å². The van der Waals surface area contributed by atoms with Gasteiger partial charge in [0.2, 0.25) is 6.10 Å². The molecule has 2 N–H and O–H groups in total. The fourth-order valence-corrected chi connectivity index (χ4v) is 2.82. The van der Waals surface area contributed by atoms with Crippen molar-refractivity contribution in [1.29, 1.82) is 0 Å². The zero-order chi connectivity index (χ0) is 20.2. The Bertz CT molecular complexity index is 1060. The first-order valence-corrected chi connectivity index (χ1v) is 8.83. The fraction of sp³-hybridized carbons (Fsp3) is 0.0952. The number of furan rings is 1. The van der Waals surface area contributed by atoms with E-state index in [2.05, 4.69) is 15.8 Å². The quantitative estimate of drug-likeness (QED) is 0.690. The number of benzene rings is 2. The number of oxime groups is 1. The largest absolute Gasteiger partial charge is 0.459 e. The van der Waals surface area contributed by atoms with Crippen LogP contribution in [0.25, 0.3) is 0 Å². The van der Waals surface area contributed by atoms with Crippen LogP contribution in [0.3, 0.4) is 0 Å². The van der Waals surface area contributed by atoms with Crippen molar-refractivity contribution in [3.8, 4) is 0 Å². The topological polar surface area (TPSA) is 92.9 Å². The fourth-order valence-electron chi connectivity index (χ4n) is 2.82. The lowest BCUT2D eigenvalue weighted by molar-refractivity contribution is -0.125. The summed E-state index contributed by atoms with van der Waals surface area (Å²) in [5.41, 5.74) is 2.18. The first-order valence-electron chi connectivity index (χ1n) is 8.83. The maximum absolute atomic E-state index is 13.3. The molecule has 0 unspecified atom stereocenters. The summed E-state index contributed by atoms with van der Waals surface area (Å²) in [5.74, 6) is -0.909. The highest BCUT2D eigenvalue weighted by Crippen LogP contribution is 2.20. The van der Waals surface area contributed by atoms with Gasteiger partial charge in [-0.25, -0.2) is 4.39 Å². The lowest BCUT2D eigenvalue weighted by Crippen LogP contribution is -2.28. The molecule has 1 atom stereocenters. The van der Waals surface area contributed by atoms with Gasteiger partial charge in [0.1, 0.15) is 5.82 Å². The molecule has 29 heavy (non-hydrogen) atoms. The van der Waals surface area contributed by atoms with E-state index < -0.39 is 6.10 Å². The van der Waals surface area contributed by atoms with Gasteiger partial charge in [-0.2, -0.15) is 0 Å². The number of amides is 2. The zero-order valence-electron chi connectivity index (χ0n) is 15.1. The van der Waals surface area contributed by atoms with Crippen molar-refractivity contribution < 1.29 is 23.2 Å². The Labute approximate surface area is 165 Å². The molecule has 0 radical (unpaired) electrons.